The standard InChI is InChI=1S/C8H11NO5S2/c9-7-1-3-8(4-2-7)16(12,13)6-5-14-15(10)11/h1-4H,5-6,9H2,(H,10,11)/p-1. The van der Waals surface area contributed by atoms with Gasteiger partial charge in [0.1, 0.15) is 0 Å². The Kier molecular flexibility index (Phi) is 4.42. The Hall–Kier alpha value is -0.960. The van der Waals surface area contributed by atoms with Crippen LogP contribution in [0.2, 0.25) is 0 Å². The Morgan fingerprint density at radius 1 is 1.31 bits per heavy atom. The molecule has 1 aromatic carbocycles. The van der Waals surface area contributed by atoms with Crippen molar-refractivity contribution in [1.82, 2.24) is 0 Å². The van der Waals surface area contributed by atoms with Crippen molar-refractivity contribution in [2.45, 2.75) is 4.90 Å². The minimum Gasteiger partial charge on any atom is -0.750 e. The van der Waals surface area contributed by atoms with E-state index in [1.54, 1.807) is 0 Å². The highest BCUT2D eigenvalue weighted by Crippen LogP contribution is 2.13. The third kappa shape index (κ3) is 3.89. The second kappa shape index (κ2) is 5.39. The lowest BCUT2D eigenvalue weighted by atomic mass is 10.3. The molecule has 8 heteroatoms. The van der Waals surface area contributed by atoms with Gasteiger partial charge in [0.15, 0.2) is 9.84 Å². The molecular formula is C8H10NO5S2-. The SMILES string of the molecule is Nc1ccc(S(=O)(=O)CCOS(=O)[O-])cc1. The zero-order valence-corrected chi connectivity index (χ0v) is 9.79. The van der Waals surface area contributed by atoms with Gasteiger partial charge in [0.2, 0.25) is 0 Å². The van der Waals surface area contributed by atoms with Gasteiger partial charge < -0.3 is 10.3 Å². The molecule has 0 aliphatic carbocycles. The maximum absolute atomic E-state index is 11.6. The summed E-state index contributed by atoms with van der Waals surface area (Å²) in [5.41, 5.74) is 5.86. The average Bonchev–Trinajstić information content (AvgIpc) is 2.17. The minimum absolute atomic E-state index is 0.0852. The van der Waals surface area contributed by atoms with Crippen LogP contribution >= 0.6 is 0 Å². The van der Waals surface area contributed by atoms with Crippen LogP contribution in [0.3, 0.4) is 0 Å². The van der Waals surface area contributed by atoms with Crippen LogP contribution < -0.4 is 5.73 Å². The summed E-state index contributed by atoms with van der Waals surface area (Å²) in [4.78, 5) is 0.0852. The molecule has 0 spiro atoms. The fourth-order valence-corrected chi connectivity index (χ4v) is 2.42. The molecule has 1 rings (SSSR count). The molecule has 90 valence electrons. The van der Waals surface area contributed by atoms with Crippen molar-refractivity contribution in [1.29, 1.82) is 0 Å². The number of rotatable bonds is 5. The lowest BCUT2D eigenvalue weighted by molar-refractivity contribution is 0.318. The Balaban J connectivity index is 2.71. The number of hydrogen-bond acceptors (Lipinski definition) is 6. The molecular weight excluding hydrogens is 254 g/mol. The summed E-state index contributed by atoms with van der Waals surface area (Å²) in [7, 11) is -3.53. The first-order chi connectivity index (χ1) is 7.42. The van der Waals surface area contributed by atoms with E-state index in [1.807, 2.05) is 0 Å². The van der Waals surface area contributed by atoms with Crippen molar-refractivity contribution in [2.24, 2.45) is 0 Å². The van der Waals surface area contributed by atoms with E-state index in [2.05, 4.69) is 4.18 Å². The highest BCUT2D eigenvalue weighted by molar-refractivity contribution is 7.91. The van der Waals surface area contributed by atoms with Crippen LogP contribution in [0, 0.1) is 0 Å². The normalized spacial score (nSPS) is 13.6. The lowest BCUT2D eigenvalue weighted by Gasteiger charge is -2.07. The highest BCUT2D eigenvalue weighted by Gasteiger charge is 2.13. The van der Waals surface area contributed by atoms with Gasteiger partial charge in [0.05, 0.1) is 28.6 Å². The van der Waals surface area contributed by atoms with E-state index in [4.69, 9.17) is 5.73 Å². The van der Waals surface area contributed by atoms with E-state index in [0.717, 1.165) is 0 Å². The average molecular weight is 264 g/mol. The van der Waals surface area contributed by atoms with Crippen molar-refractivity contribution in [3.63, 3.8) is 0 Å². The van der Waals surface area contributed by atoms with Crippen molar-refractivity contribution < 1.29 is 21.4 Å². The summed E-state index contributed by atoms with van der Waals surface area (Å²) >= 11 is -2.69. The minimum atomic E-state index is -3.53. The Labute approximate surface area is 95.8 Å². The third-order valence-electron chi connectivity index (χ3n) is 1.77. The van der Waals surface area contributed by atoms with Gasteiger partial charge in [-0.2, -0.15) is 0 Å². The summed E-state index contributed by atoms with van der Waals surface area (Å²) < 4.78 is 47.4. The molecule has 0 radical (unpaired) electrons. The molecule has 0 bridgehead atoms. The van der Waals surface area contributed by atoms with Gasteiger partial charge in [0, 0.05) is 5.69 Å². The van der Waals surface area contributed by atoms with Gasteiger partial charge in [-0.1, -0.05) is 0 Å². The molecule has 16 heavy (non-hydrogen) atoms. The van der Waals surface area contributed by atoms with E-state index >= 15 is 0 Å². The van der Waals surface area contributed by atoms with Crippen molar-refractivity contribution in [3.05, 3.63) is 24.3 Å². The molecule has 0 aliphatic heterocycles. The molecule has 1 aromatic rings. The predicted octanol–water partition coefficient (Wildman–Crippen LogP) is -0.147. The van der Waals surface area contributed by atoms with Crippen LogP contribution in [-0.2, 0) is 25.4 Å². The molecule has 0 amide bonds. The van der Waals surface area contributed by atoms with Gasteiger partial charge in [0.25, 0.3) is 0 Å². The first-order valence-electron chi connectivity index (χ1n) is 4.22. The van der Waals surface area contributed by atoms with E-state index in [-0.39, 0.29) is 4.90 Å². The van der Waals surface area contributed by atoms with Crippen LogP contribution in [0.1, 0.15) is 0 Å². The number of sulfone groups is 1. The predicted molar refractivity (Wildman–Crippen MR) is 57.8 cm³/mol. The van der Waals surface area contributed by atoms with Crippen LogP contribution in [0.4, 0.5) is 5.69 Å². The molecule has 2 N–H and O–H groups in total. The molecule has 0 fully saturated rings. The molecule has 0 heterocycles. The fourth-order valence-electron chi connectivity index (χ4n) is 1.00. The largest absolute Gasteiger partial charge is 0.750 e. The van der Waals surface area contributed by atoms with Gasteiger partial charge >= 0.3 is 0 Å². The summed E-state index contributed by atoms with van der Waals surface area (Å²) in [6.07, 6.45) is 0. The maximum atomic E-state index is 11.6. The number of nitrogen functional groups attached to an aromatic ring is 1. The van der Waals surface area contributed by atoms with Crippen molar-refractivity contribution in [2.75, 3.05) is 18.1 Å². The molecule has 0 saturated carbocycles. The number of benzene rings is 1. The van der Waals surface area contributed by atoms with E-state index < -0.39 is 33.6 Å². The van der Waals surface area contributed by atoms with Crippen molar-refractivity contribution >= 4 is 26.9 Å². The first kappa shape index (κ1) is 13.1. The van der Waals surface area contributed by atoms with Crippen LogP contribution in [0.5, 0.6) is 0 Å². The Morgan fingerprint density at radius 2 is 1.88 bits per heavy atom. The molecule has 0 aromatic heterocycles. The highest BCUT2D eigenvalue weighted by atomic mass is 32.2. The summed E-state index contributed by atoms with van der Waals surface area (Å²) in [5.74, 6) is -0.398. The van der Waals surface area contributed by atoms with Crippen LogP contribution in [-0.4, -0.2) is 29.5 Å². The molecule has 1 atom stereocenters. The summed E-state index contributed by atoms with van der Waals surface area (Å²) in [6, 6.07) is 5.64. The summed E-state index contributed by atoms with van der Waals surface area (Å²) in [5, 5.41) is 0. The summed E-state index contributed by atoms with van der Waals surface area (Å²) in [6.45, 7) is -0.400. The quantitative estimate of drug-likeness (QED) is 0.585. The smallest absolute Gasteiger partial charge is 0.180 e. The van der Waals surface area contributed by atoms with Crippen LogP contribution in [0.25, 0.3) is 0 Å². The second-order valence-electron chi connectivity index (χ2n) is 2.91. The zero-order chi connectivity index (χ0) is 12.2. The van der Waals surface area contributed by atoms with E-state index in [0.29, 0.717) is 5.69 Å². The fraction of sp³-hybridized carbons (Fsp3) is 0.250. The van der Waals surface area contributed by atoms with Gasteiger partial charge in [-0.25, -0.2) is 12.6 Å². The van der Waals surface area contributed by atoms with Gasteiger partial charge in [-0.3, -0.25) is 4.18 Å². The van der Waals surface area contributed by atoms with Gasteiger partial charge in [-0.15, -0.1) is 0 Å². The monoisotopic (exact) mass is 264 g/mol. The maximum Gasteiger partial charge on any atom is 0.180 e. The molecule has 1 unspecified atom stereocenters. The van der Waals surface area contributed by atoms with Crippen LogP contribution in [0.15, 0.2) is 29.2 Å². The molecule has 6 nitrogen and oxygen atoms in total. The first-order valence-corrected chi connectivity index (χ1v) is 6.88. The lowest BCUT2D eigenvalue weighted by Crippen LogP contribution is -2.13. The van der Waals surface area contributed by atoms with E-state index in [9.17, 15) is 17.2 Å². The number of hydrogen-bond donors (Lipinski definition) is 1. The third-order valence-corrected chi connectivity index (χ3v) is 3.82. The molecule has 0 aliphatic rings. The topological polar surface area (TPSA) is 110 Å². The van der Waals surface area contributed by atoms with Gasteiger partial charge in [-0.05, 0) is 24.3 Å². The molecule has 0 saturated heterocycles. The van der Waals surface area contributed by atoms with Crippen molar-refractivity contribution in [3.8, 4) is 0 Å². The zero-order valence-electron chi connectivity index (χ0n) is 8.16. The van der Waals surface area contributed by atoms with E-state index in [1.165, 1.54) is 24.3 Å². The second-order valence-corrected chi connectivity index (χ2v) is 5.67. The number of anilines is 1. The Bertz CT molecular complexity index is 468. The Morgan fingerprint density at radius 3 is 2.38 bits per heavy atom. The number of nitrogens with two attached hydrogens (primary N) is 1.